The summed E-state index contributed by atoms with van der Waals surface area (Å²) in [7, 11) is 2.07. The molecule has 1 aromatic carbocycles. The van der Waals surface area contributed by atoms with E-state index in [0.717, 1.165) is 69.3 Å². The molecule has 2 fully saturated rings. The van der Waals surface area contributed by atoms with Gasteiger partial charge in [-0.25, -0.2) is 4.79 Å². The number of ether oxygens (including phenoxy) is 1. The maximum absolute atomic E-state index is 13.6. The summed E-state index contributed by atoms with van der Waals surface area (Å²) in [5, 5.41) is 6.57. The minimum absolute atomic E-state index is 0.122. The topological polar surface area (TPSA) is 101 Å². The summed E-state index contributed by atoms with van der Waals surface area (Å²) in [6, 6.07) is 6.57. The average Bonchev–Trinajstić information content (AvgIpc) is 2.97. The summed E-state index contributed by atoms with van der Waals surface area (Å²) < 4.78 is 6.52. The van der Waals surface area contributed by atoms with Gasteiger partial charge >= 0.3 is 5.97 Å². The molecule has 8 nitrogen and oxygen atoms in total. The first-order valence-electron chi connectivity index (χ1n) is 14.0. The van der Waals surface area contributed by atoms with E-state index >= 15 is 0 Å². The van der Waals surface area contributed by atoms with Gasteiger partial charge < -0.3 is 20.3 Å². The number of carbonyl (C=O) groups is 3. The Kier molecular flexibility index (Phi) is 9.38. The van der Waals surface area contributed by atoms with E-state index in [1.807, 2.05) is 12.1 Å². The number of hydrogen-bond donors (Lipinski definition) is 2. The van der Waals surface area contributed by atoms with Crippen molar-refractivity contribution < 1.29 is 19.1 Å². The van der Waals surface area contributed by atoms with Crippen LogP contribution in [0.25, 0.3) is 0 Å². The van der Waals surface area contributed by atoms with Crippen LogP contribution in [0.5, 0.6) is 0 Å². The second-order valence-corrected chi connectivity index (χ2v) is 12.7. The number of halogens is 3. The van der Waals surface area contributed by atoms with Crippen molar-refractivity contribution in [3.63, 3.8) is 0 Å². The normalized spacial score (nSPS) is 20.0. The maximum atomic E-state index is 13.6. The fourth-order valence-electron chi connectivity index (χ4n) is 5.92. The highest BCUT2D eigenvalue weighted by molar-refractivity contribution is 9.12. The van der Waals surface area contributed by atoms with Crippen LogP contribution in [-0.2, 0) is 20.7 Å². The summed E-state index contributed by atoms with van der Waals surface area (Å²) >= 11 is 15.7. The molecule has 3 aliphatic rings. The van der Waals surface area contributed by atoms with E-state index in [1.54, 1.807) is 12.1 Å². The number of ketones is 1. The molecule has 2 aliphatic carbocycles. The van der Waals surface area contributed by atoms with Crippen molar-refractivity contribution in [1.29, 1.82) is 0 Å². The number of amides is 1. The van der Waals surface area contributed by atoms with Crippen LogP contribution in [0.4, 0.5) is 5.69 Å². The highest BCUT2D eigenvalue weighted by Gasteiger charge is 2.54. The first-order chi connectivity index (χ1) is 19.7. The van der Waals surface area contributed by atoms with E-state index in [-0.39, 0.29) is 33.5 Å². The highest BCUT2D eigenvalue weighted by Crippen LogP contribution is 2.53. The van der Waals surface area contributed by atoms with Gasteiger partial charge in [-0.05, 0) is 66.4 Å². The molecule has 1 saturated heterocycles. The molecular weight excluding hydrogens is 631 g/mol. The van der Waals surface area contributed by atoms with Gasteiger partial charge in [-0.2, -0.15) is 0 Å². The molecule has 2 heterocycles. The molecule has 1 amide bonds. The molecule has 1 spiro atoms. The number of nitrogens with one attached hydrogen (secondary N) is 2. The Morgan fingerprint density at radius 1 is 1.10 bits per heavy atom. The third kappa shape index (κ3) is 6.48. The monoisotopic (exact) mass is 662 g/mol. The van der Waals surface area contributed by atoms with Crippen molar-refractivity contribution >= 4 is 62.5 Å². The SMILES string of the molecule is CN1CCC(OC(=O)[C@H](Cc2ccc(NC(=O)c3c(Cl)cncc3Cl)cc2)NC2=C(Br)C(=O)C23CCCCC3)CC1. The predicted molar refractivity (Wildman–Crippen MR) is 162 cm³/mol. The van der Waals surface area contributed by atoms with Crippen molar-refractivity contribution in [2.24, 2.45) is 5.41 Å². The number of carbonyl (C=O) groups excluding carboxylic acids is 3. The van der Waals surface area contributed by atoms with E-state index in [4.69, 9.17) is 27.9 Å². The molecule has 2 aromatic rings. The highest BCUT2D eigenvalue weighted by atomic mass is 79.9. The average molecular weight is 664 g/mol. The van der Waals surface area contributed by atoms with Gasteiger partial charge in [-0.15, -0.1) is 0 Å². The van der Waals surface area contributed by atoms with Gasteiger partial charge in [0.1, 0.15) is 12.1 Å². The zero-order valence-corrected chi connectivity index (χ0v) is 25.9. The number of rotatable bonds is 8. The minimum Gasteiger partial charge on any atom is -0.461 e. The summed E-state index contributed by atoms with van der Waals surface area (Å²) in [5.41, 5.74) is 1.87. The van der Waals surface area contributed by atoms with Gasteiger partial charge in [-0.3, -0.25) is 14.6 Å². The minimum atomic E-state index is -0.668. The van der Waals surface area contributed by atoms with Gasteiger partial charge in [0.2, 0.25) is 0 Å². The Labute approximate surface area is 258 Å². The number of likely N-dealkylation sites (tertiary alicyclic amines) is 1. The second-order valence-electron chi connectivity index (χ2n) is 11.1. The Morgan fingerprint density at radius 2 is 1.73 bits per heavy atom. The summed E-state index contributed by atoms with van der Waals surface area (Å²) in [5.74, 6) is -0.644. The van der Waals surface area contributed by atoms with Crippen LogP contribution in [0.2, 0.25) is 10.0 Å². The maximum Gasteiger partial charge on any atom is 0.329 e. The number of anilines is 1. The molecule has 0 unspecified atom stereocenters. The zero-order chi connectivity index (χ0) is 29.1. The Balaban J connectivity index is 1.32. The van der Waals surface area contributed by atoms with E-state index in [1.165, 1.54) is 12.4 Å². The molecule has 1 aliphatic heterocycles. The molecule has 1 atom stereocenters. The summed E-state index contributed by atoms with van der Waals surface area (Å²) in [6.45, 7) is 1.76. The third-order valence-corrected chi connectivity index (χ3v) is 9.65. The molecule has 1 saturated carbocycles. The molecule has 2 N–H and O–H groups in total. The standard InChI is InChI=1S/C30H33BrCl2N4O4/c1-37-13-9-20(10-14-37)41-29(40)23(36-26-25(31)27(38)30(26)11-3-2-4-12-30)15-18-5-7-19(8-6-18)35-28(39)24-21(32)16-34-17-22(24)33/h5-8,16-17,20,23,36H,2-4,9-15H2,1H3,(H,35,39)/t23-/m0/s1. The molecule has 218 valence electrons. The second kappa shape index (κ2) is 12.8. The molecular formula is C30H33BrCl2N4O4. The third-order valence-electron chi connectivity index (χ3n) is 8.32. The van der Waals surface area contributed by atoms with Gasteiger partial charge in [0, 0.05) is 43.3 Å². The lowest BCUT2D eigenvalue weighted by Gasteiger charge is -2.46. The Hall–Kier alpha value is -2.46. The first-order valence-corrected chi connectivity index (χ1v) is 15.5. The van der Waals surface area contributed by atoms with E-state index in [9.17, 15) is 14.4 Å². The molecule has 11 heteroatoms. The lowest BCUT2D eigenvalue weighted by molar-refractivity contribution is -0.154. The van der Waals surface area contributed by atoms with Crippen molar-refractivity contribution in [2.45, 2.75) is 63.5 Å². The number of aromatic nitrogens is 1. The van der Waals surface area contributed by atoms with Crippen molar-refractivity contribution in [1.82, 2.24) is 15.2 Å². The van der Waals surface area contributed by atoms with Crippen molar-refractivity contribution in [3.8, 4) is 0 Å². The zero-order valence-electron chi connectivity index (χ0n) is 22.9. The molecule has 5 rings (SSSR count). The molecule has 0 bridgehead atoms. The van der Waals surface area contributed by atoms with Crippen LogP contribution in [0.1, 0.15) is 60.9 Å². The summed E-state index contributed by atoms with van der Waals surface area (Å²) in [4.78, 5) is 45.4. The lowest BCUT2D eigenvalue weighted by atomic mass is 9.62. The van der Waals surface area contributed by atoms with Gasteiger partial charge in [0.05, 0.1) is 25.5 Å². The molecule has 41 heavy (non-hydrogen) atoms. The van der Waals surface area contributed by atoms with Crippen LogP contribution in [-0.4, -0.2) is 59.8 Å². The number of benzene rings is 1. The van der Waals surface area contributed by atoms with Crippen LogP contribution in [0.15, 0.2) is 46.8 Å². The van der Waals surface area contributed by atoms with Gasteiger partial charge in [-0.1, -0.05) is 54.6 Å². The van der Waals surface area contributed by atoms with Crippen molar-refractivity contribution in [3.05, 3.63) is 68.0 Å². The first kappa shape index (κ1) is 30.0. The van der Waals surface area contributed by atoms with Crippen LogP contribution >= 0.6 is 39.1 Å². The molecule has 0 radical (unpaired) electrons. The van der Waals surface area contributed by atoms with E-state index < -0.39 is 17.4 Å². The number of Topliss-reactive ketones (excluding diaryl/α,β-unsaturated/α-hetero) is 1. The fourth-order valence-corrected chi connectivity index (χ4v) is 7.33. The van der Waals surface area contributed by atoms with Crippen LogP contribution in [0, 0.1) is 5.41 Å². The smallest absolute Gasteiger partial charge is 0.329 e. The van der Waals surface area contributed by atoms with Crippen LogP contribution in [0.3, 0.4) is 0 Å². The predicted octanol–water partition coefficient (Wildman–Crippen LogP) is 5.92. The lowest BCUT2D eigenvalue weighted by Crippen LogP contribution is -2.54. The Bertz CT molecular complexity index is 1330. The van der Waals surface area contributed by atoms with E-state index in [0.29, 0.717) is 16.6 Å². The Morgan fingerprint density at radius 3 is 2.37 bits per heavy atom. The van der Waals surface area contributed by atoms with Gasteiger partial charge in [0.25, 0.3) is 5.91 Å². The van der Waals surface area contributed by atoms with Gasteiger partial charge in [0.15, 0.2) is 5.78 Å². The number of pyridine rings is 1. The van der Waals surface area contributed by atoms with E-state index in [2.05, 4.69) is 43.5 Å². The van der Waals surface area contributed by atoms with Crippen LogP contribution < -0.4 is 10.6 Å². The number of nitrogens with zero attached hydrogens (tertiary/aromatic N) is 2. The van der Waals surface area contributed by atoms with Crippen molar-refractivity contribution in [2.75, 3.05) is 25.5 Å². The fraction of sp³-hybridized carbons (Fsp3) is 0.467. The number of allylic oxidation sites excluding steroid dienone is 2. The molecule has 1 aromatic heterocycles. The summed E-state index contributed by atoms with van der Waals surface area (Å²) in [6.07, 6.45) is 9.23. The number of hydrogen-bond acceptors (Lipinski definition) is 7. The quantitative estimate of drug-likeness (QED) is 0.338. The number of piperidine rings is 1. The largest absolute Gasteiger partial charge is 0.461 e. The number of esters is 1.